The predicted molar refractivity (Wildman–Crippen MR) is 125 cm³/mol. The number of sulfonamides is 1. The molecular weight excluding hydrogens is 428 g/mol. The maximum absolute atomic E-state index is 12.8. The number of hydrogen-bond donors (Lipinski definition) is 1. The van der Waals surface area contributed by atoms with Gasteiger partial charge in [0.1, 0.15) is 11.5 Å². The zero-order valence-corrected chi connectivity index (χ0v) is 19.6. The van der Waals surface area contributed by atoms with E-state index in [1.807, 2.05) is 18.2 Å². The van der Waals surface area contributed by atoms with Crippen LogP contribution in [0.2, 0.25) is 0 Å². The Bertz CT molecular complexity index is 1010. The summed E-state index contributed by atoms with van der Waals surface area (Å²) >= 11 is 0. The van der Waals surface area contributed by atoms with Gasteiger partial charge in [-0.3, -0.25) is 4.79 Å². The van der Waals surface area contributed by atoms with Crippen molar-refractivity contribution >= 4 is 15.9 Å². The molecule has 1 aliphatic heterocycles. The van der Waals surface area contributed by atoms with Crippen LogP contribution >= 0.6 is 0 Å². The third-order valence-corrected chi connectivity index (χ3v) is 7.43. The average Bonchev–Trinajstić information content (AvgIpc) is 2.81. The first-order valence-electron chi connectivity index (χ1n) is 11.1. The lowest BCUT2D eigenvalue weighted by molar-refractivity contribution is 0.0953. The lowest BCUT2D eigenvalue weighted by atomic mass is 10.0. The second kappa shape index (κ2) is 11.3. The molecule has 0 saturated heterocycles. The van der Waals surface area contributed by atoms with Crippen molar-refractivity contribution in [2.45, 2.75) is 39.2 Å². The van der Waals surface area contributed by atoms with Gasteiger partial charge in [0.05, 0.1) is 19.5 Å². The number of hydrogen-bond acceptors (Lipinski definition) is 5. The summed E-state index contributed by atoms with van der Waals surface area (Å²) in [4.78, 5) is 12.3. The number of carbonyl (C=O) groups is 1. The first kappa shape index (κ1) is 24.1. The van der Waals surface area contributed by atoms with E-state index in [0.29, 0.717) is 44.6 Å². The molecular formula is C24H32N2O5S. The second-order valence-electron chi connectivity index (χ2n) is 7.87. The second-order valence-corrected chi connectivity index (χ2v) is 9.96. The van der Waals surface area contributed by atoms with Crippen molar-refractivity contribution in [3.8, 4) is 11.5 Å². The molecule has 0 aliphatic carbocycles. The fraction of sp³-hybridized carbons (Fsp3) is 0.458. The van der Waals surface area contributed by atoms with Gasteiger partial charge in [0.15, 0.2) is 0 Å². The fourth-order valence-corrected chi connectivity index (χ4v) is 5.06. The van der Waals surface area contributed by atoms with Gasteiger partial charge >= 0.3 is 0 Å². The van der Waals surface area contributed by atoms with E-state index in [9.17, 15) is 13.2 Å². The van der Waals surface area contributed by atoms with Crippen molar-refractivity contribution in [2.75, 3.05) is 32.6 Å². The first-order valence-corrected chi connectivity index (χ1v) is 12.7. The van der Waals surface area contributed by atoms with Crippen LogP contribution in [0.3, 0.4) is 0 Å². The first-order chi connectivity index (χ1) is 15.4. The summed E-state index contributed by atoms with van der Waals surface area (Å²) in [6.45, 7) is 3.90. The number of nitrogens with zero attached hydrogens (tertiary/aromatic N) is 1. The van der Waals surface area contributed by atoms with E-state index in [1.54, 1.807) is 31.4 Å². The number of rotatable bonds is 11. The molecule has 0 fully saturated rings. The molecule has 174 valence electrons. The predicted octanol–water partition coefficient (Wildman–Crippen LogP) is 3.38. The number of unbranched alkanes of at least 4 members (excludes halogenated alkanes) is 1. The largest absolute Gasteiger partial charge is 0.497 e. The molecule has 8 heteroatoms. The summed E-state index contributed by atoms with van der Waals surface area (Å²) in [5, 5.41) is 2.80. The number of fused-ring (bicyclic) bond motifs is 1. The summed E-state index contributed by atoms with van der Waals surface area (Å²) in [6.07, 6.45) is 3.08. The number of nitrogens with one attached hydrogen (secondary N) is 1. The Kier molecular flexibility index (Phi) is 8.53. The lowest BCUT2D eigenvalue weighted by Crippen LogP contribution is -2.38. The summed E-state index contributed by atoms with van der Waals surface area (Å²) < 4.78 is 37.9. The molecule has 0 bridgehead atoms. The Morgan fingerprint density at radius 2 is 1.81 bits per heavy atom. The Morgan fingerprint density at radius 3 is 2.53 bits per heavy atom. The third kappa shape index (κ3) is 6.46. The quantitative estimate of drug-likeness (QED) is 0.520. The highest BCUT2D eigenvalue weighted by molar-refractivity contribution is 7.89. The van der Waals surface area contributed by atoms with Gasteiger partial charge in [0.2, 0.25) is 10.0 Å². The van der Waals surface area contributed by atoms with E-state index < -0.39 is 10.0 Å². The number of ether oxygens (including phenoxy) is 2. The van der Waals surface area contributed by atoms with Crippen LogP contribution in [0.4, 0.5) is 0 Å². The Balaban J connectivity index is 1.44. The third-order valence-electron chi connectivity index (χ3n) is 5.53. The van der Waals surface area contributed by atoms with Gasteiger partial charge in [-0.25, -0.2) is 8.42 Å². The smallest absolute Gasteiger partial charge is 0.251 e. The molecule has 0 saturated carbocycles. The van der Waals surface area contributed by atoms with E-state index in [2.05, 4.69) is 12.2 Å². The van der Waals surface area contributed by atoms with Crippen LogP contribution in [0.5, 0.6) is 11.5 Å². The van der Waals surface area contributed by atoms with Crippen LogP contribution in [0, 0.1) is 0 Å². The maximum atomic E-state index is 12.8. The number of carbonyl (C=O) groups excluding carboxylic acids is 1. The van der Waals surface area contributed by atoms with Crippen LogP contribution < -0.4 is 14.8 Å². The molecule has 1 N–H and O–H groups in total. The van der Waals surface area contributed by atoms with E-state index in [1.165, 1.54) is 4.31 Å². The van der Waals surface area contributed by atoms with Gasteiger partial charge in [0.25, 0.3) is 5.91 Å². The van der Waals surface area contributed by atoms with Crippen molar-refractivity contribution in [2.24, 2.45) is 0 Å². The van der Waals surface area contributed by atoms with Crippen LogP contribution in [-0.2, 0) is 23.0 Å². The molecule has 32 heavy (non-hydrogen) atoms. The zero-order valence-electron chi connectivity index (χ0n) is 18.8. The molecule has 0 spiro atoms. The number of methoxy groups -OCH3 is 1. The molecule has 1 amide bonds. The van der Waals surface area contributed by atoms with Crippen LogP contribution in [0.1, 0.15) is 47.7 Å². The lowest BCUT2D eigenvalue weighted by Gasteiger charge is -2.28. The van der Waals surface area contributed by atoms with Crippen molar-refractivity contribution in [1.82, 2.24) is 9.62 Å². The molecule has 0 aromatic heterocycles. The van der Waals surface area contributed by atoms with Gasteiger partial charge in [-0.05, 0) is 66.8 Å². The van der Waals surface area contributed by atoms with Crippen LogP contribution in [0.15, 0.2) is 42.5 Å². The van der Waals surface area contributed by atoms with Crippen LogP contribution in [0.25, 0.3) is 0 Å². The molecule has 2 aromatic rings. The maximum Gasteiger partial charge on any atom is 0.251 e. The van der Waals surface area contributed by atoms with E-state index in [-0.39, 0.29) is 11.7 Å². The SMILES string of the molecule is CCCCOc1ccc(C(=O)NCCCS(=O)(=O)N2CCc3cc(OC)ccc3C2)cc1. The minimum Gasteiger partial charge on any atom is -0.497 e. The van der Waals surface area contributed by atoms with Crippen LogP contribution in [-0.4, -0.2) is 51.2 Å². The molecule has 3 rings (SSSR count). The summed E-state index contributed by atoms with van der Waals surface area (Å²) in [5.74, 6) is 1.31. The van der Waals surface area contributed by atoms with Gasteiger partial charge in [-0.15, -0.1) is 0 Å². The molecule has 1 aliphatic rings. The molecule has 2 aromatic carbocycles. The summed E-state index contributed by atoms with van der Waals surface area (Å²) in [6, 6.07) is 12.7. The molecule has 1 heterocycles. The molecule has 0 radical (unpaired) electrons. The highest BCUT2D eigenvalue weighted by Crippen LogP contribution is 2.25. The molecule has 0 unspecified atom stereocenters. The minimum atomic E-state index is -3.39. The zero-order chi connectivity index (χ0) is 23.0. The highest BCUT2D eigenvalue weighted by Gasteiger charge is 2.26. The van der Waals surface area contributed by atoms with E-state index in [0.717, 1.165) is 35.5 Å². The standard InChI is InChI=1S/C24H32N2O5S/c1-3-4-15-31-22-9-6-19(7-10-22)24(27)25-13-5-16-32(28,29)26-14-12-20-17-23(30-2)11-8-21(20)18-26/h6-11,17H,3-5,12-16,18H2,1-2H3,(H,25,27). The van der Waals surface area contributed by atoms with Crippen molar-refractivity contribution in [1.29, 1.82) is 0 Å². The molecule has 0 atom stereocenters. The Labute approximate surface area is 190 Å². The van der Waals surface area contributed by atoms with Crippen molar-refractivity contribution in [3.63, 3.8) is 0 Å². The van der Waals surface area contributed by atoms with Crippen molar-refractivity contribution < 1.29 is 22.7 Å². The molecule has 7 nitrogen and oxygen atoms in total. The number of benzene rings is 2. The Morgan fingerprint density at radius 1 is 1.06 bits per heavy atom. The minimum absolute atomic E-state index is 0.00295. The average molecular weight is 461 g/mol. The summed E-state index contributed by atoms with van der Waals surface area (Å²) in [7, 11) is -1.76. The highest BCUT2D eigenvalue weighted by atomic mass is 32.2. The Hall–Kier alpha value is -2.58. The number of amides is 1. The van der Waals surface area contributed by atoms with Gasteiger partial charge < -0.3 is 14.8 Å². The van der Waals surface area contributed by atoms with E-state index in [4.69, 9.17) is 9.47 Å². The summed E-state index contributed by atoms with van der Waals surface area (Å²) in [5.41, 5.74) is 2.67. The van der Waals surface area contributed by atoms with Gasteiger partial charge in [-0.1, -0.05) is 19.4 Å². The van der Waals surface area contributed by atoms with E-state index >= 15 is 0 Å². The topological polar surface area (TPSA) is 84.9 Å². The van der Waals surface area contributed by atoms with Gasteiger partial charge in [-0.2, -0.15) is 4.31 Å². The van der Waals surface area contributed by atoms with Gasteiger partial charge in [0, 0.05) is 25.2 Å². The normalized spacial score (nSPS) is 13.9. The van der Waals surface area contributed by atoms with Crippen molar-refractivity contribution in [3.05, 3.63) is 59.2 Å². The fourth-order valence-electron chi connectivity index (χ4n) is 3.59. The monoisotopic (exact) mass is 460 g/mol.